The molecular weight excluding hydrogens is 329 g/mol. The van der Waals surface area contributed by atoms with Gasteiger partial charge in [0, 0.05) is 26.8 Å². The number of ether oxygens (including phenoxy) is 1. The maximum atomic E-state index is 13.4. The Bertz CT molecular complexity index is 636. The first-order valence-electron chi connectivity index (χ1n) is 8.35. The van der Waals surface area contributed by atoms with Crippen molar-refractivity contribution in [3.63, 3.8) is 0 Å². The van der Waals surface area contributed by atoms with E-state index >= 15 is 0 Å². The average molecular weight is 353 g/mol. The molecule has 1 aliphatic heterocycles. The Morgan fingerprint density at radius 1 is 1.40 bits per heavy atom. The van der Waals surface area contributed by atoms with Crippen LogP contribution in [0.25, 0.3) is 0 Å². The number of aliphatic carboxylic acids is 1. The molecule has 6 nitrogen and oxygen atoms in total. The van der Waals surface area contributed by atoms with E-state index in [1.54, 1.807) is 12.0 Å². The first-order chi connectivity index (χ1) is 11.9. The molecule has 1 atom stereocenters. The molecule has 0 bridgehead atoms. The number of carboxylic acid groups (broad SMARTS) is 1. The van der Waals surface area contributed by atoms with E-state index in [2.05, 4.69) is 0 Å². The van der Waals surface area contributed by atoms with Gasteiger partial charge < -0.3 is 19.8 Å². The van der Waals surface area contributed by atoms with E-state index in [0.717, 1.165) is 6.07 Å². The van der Waals surface area contributed by atoms with Crippen LogP contribution in [0.1, 0.15) is 31.2 Å². The molecule has 1 aromatic rings. The van der Waals surface area contributed by atoms with E-state index in [4.69, 9.17) is 4.74 Å². The zero-order chi connectivity index (χ0) is 18.4. The molecule has 1 fully saturated rings. The van der Waals surface area contributed by atoms with Gasteiger partial charge in [0.15, 0.2) is 11.6 Å². The first kappa shape index (κ1) is 19.2. The number of aromatic hydroxyl groups is 1. The Balaban J connectivity index is 2.06. The van der Waals surface area contributed by atoms with Gasteiger partial charge in [-0.3, -0.25) is 9.59 Å². The summed E-state index contributed by atoms with van der Waals surface area (Å²) in [5, 5.41) is 18.9. The lowest BCUT2D eigenvalue weighted by atomic mass is 9.76. The van der Waals surface area contributed by atoms with E-state index in [9.17, 15) is 24.2 Å². The minimum absolute atomic E-state index is 0.0228. The molecule has 0 saturated carbocycles. The molecule has 7 heteroatoms. The van der Waals surface area contributed by atoms with Crippen LogP contribution in [-0.4, -0.2) is 53.8 Å². The number of carbonyl (C=O) groups is 2. The molecule has 1 heterocycles. The summed E-state index contributed by atoms with van der Waals surface area (Å²) in [6.07, 6.45) is 2.20. The fraction of sp³-hybridized carbons (Fsp3) is 0.556. The molecule has 2 N–H and O–H groups in total. The lowest BCUT2D eigenvalue weighted by molar-refractivity contribution is -0.155. The second-order valence-corrected chi connectivity index (χ2v) is 6.56. The Kier molecular flexibility index (Phi) is 6.36. The Morgan fingerprint density at radius 2 is 2.16 bits per heavy atom. The predicted molar refractivity (Wildman–Crippen MR) is 88.8 cm³/mol. The van der Waals surface area contributed by atoms with E-state index < -0.39 is 23.0 Å². The van der Waals surface area contributed by atoms with Gasteiger partial charge in [-0.15, -0.1) is 0 Å². The zero-order valence-electron chi connectivity index (χ0n) is 14.3. The summed E-state index contributed by atoms with van der Waals surface area (Å²) < 4.78 is 18.4. The number of carbonyl (C=O) groups excluding carboxylic acids is 1. The van der Waals surface area contributed by atoms with Crippen molar-refractivity contribution in [2.75, 3.05) is 26.8 Å². The summed E-state index contributed by atoms with van der Waals surface area (Å²) in [7, 11) is 1.57. The van der Waals surface area contributed by atoms with Gasteiger partial charge in [0.2, 0.25) is 5.91 Å². The van der Waals surface area contributed by atoms with Gasteiger partial charge in [-0.05, 0) is 43.4 Å². The number of hydrogen-bond acceptors (Lipinski definition) is 4. The molecule has 2 rings (SSSR count). The number of benzene rings is 1. The smallest absolute Gasteiger partial charge is 0.311 e. The van der Waals surface area contributed by atoms with Crippen molar-refractivity contribution in [3.8, 4) is 5.75 Å². The van der Waals surface area contributed by atoms with Gasteiger partial charge in [-0.2, -0.15) is 0 Å². The number of nitrogens with zero attached hydrogens (tertiary/aromatic N) is 1. The standard InChI is InChI=1S/C18H24FNO5/c1-25-9-3-7-18(17(23)24)6-2-8-20(12-18)16(22)11-13-4-5-15(21)14(19)10-13/h4-5,10,21H,2-3,6-9,11-12H2,1H3,(H,23,24)/t18-/m0/s1. The SMILES string of the molecule is COCCC[C@@]1(C(=O)O)CCCN(C(=O)Cc2ccc(O)c(F)c2)C1. The molecule has 0 spiro atoms. The third kappa shape index (κ3) is 4.69. The topological polar surface area (TPSA) is 87.1 Å². The number of hydrogen-bond donors (Lipinski definition) is 2. The summed E-state index contributed by atoms with van der Waals surface area (Å²) in [4.78, 5) is 25.9. The van der Waals surface area contributed by atoms with Crippen LogP contribution in [0.4, 0.5) is 4.39 Å². The van der Waals surface area contributed by atoms with Gasteiger partial charge in [-0.25, -0.2) is 4.39 Å². The quantitative estimate of drug-likeness (QED) is 0.734. The predicted octanol–water partition coefficient (Wildman–Crippen LogP) is 2.19. The molecule has 25 heavy (non-hydrogen) atoms. The van der Waals surface area contributed by atoms with Crippen molar-refractivity contribution < 1.29 is 28.9 Å². The highest BCUT2D eigenvalue weighted by atomic mass is 19.1. The van der Waals surface area contributed by atoms with Crippen LogP contribution in [0.15, 0.2) is 18.2 Å². The van der Waals surface area contributed by atoms with Crippen molar-refractivity contribution in [3.05, 3.63) is 29.6 Å². The van der Waals surface area contributed by atoms with Crippen molar-refractivity contribution in [1.82, 2.24) is 4.90 Å². The molecule has 1 saturated heterocycles. The summed E-state index contributed by atoms with van der Waals surface area (Å²) in [5.74, 6) is -2.36. The number of rotatable bonds is 7. The fourth-order valence-electron chi connectivity index (χ4n) is 3.33. The van der Waals surface area contributed by atoms with Gasteiger partial charge in [-0.1, -0.05) is 6.07 Å². The Labute approximate surface area is 146 Å². The van der Waals surface area contributed by atoms with Gasteiger partial charge in [0.1, 0.15) is 0 Å². The highest BCUT2D eigenvalue weighted by molar-refractivity contribution is 5.81. The number of halogens is 1. The number of piperidine rings is 1. The molecule has 0 aliphatic carbocycles. The second-order valence-electron chi connectivity index (χ2n) is 6.56. The van der Waals surface area contributed by atoms with Crippen molar-refractivity contribution in [2.45, 2.75) is 32.1 Å². The van der Waals surface area contributed by atoms with Crippen LogP contribution >= 0.6 is 0 Å². The van der Waals surface area contributed by atoms with Gasteiger partial charge >= 0.3 is 5.97 Å². The monoisotopic (exact) mass is 353 g/mol. The molecule has 138 valence electrons. The molecule has 0 unspecified atom stereocenters. The minimum atomic E-state index is -0.952. The second kappa shape index (κ2) is 8.29. The summed E-state index contributed by atoms with van der Waals surface area (Å²) in [6.45, 7) is 1.14. The van der Waals surface area contributed by atoms with Crippen LogP contribution < -0.4 is 0 Å². The Morgan fingerprint density at radius 3 is 2.80 bits per heavy atom. The highest BCUT2D eigenvalue weighted by Gasteiger charge is 2.43. The van der Waals surface area contributed by atoms with Crippen LogP contribution in [0.3, 0.4) is 0 Å². The number of likely N-dealkylation sites (tertiary alicyclic amines) is 1. The van der Waals surface area contributed by atoms with Crippen molar-refractivity contribution in [2.24, 2.45) is 5.41 Å². The summed E-state index contributed by atoms with van der Waals surface area (Å²) in [6, 6.07) is 3.82. The lowest BCUT2D eigenvalue weighted by Crippen LogP contribution is -2.50. The van der Waals surface area contributed by atoms with Crippen LogP contribution in [-0.2, 0) is 20.7 Å². The van der Waals surface area contributed by atoms with E-state index in [0.29, 0.717) is 44.4 Å². The average Bonchev–Trinajstić information content (AvgIpc) is 2.58. The lowest BCUT2D eigenvalue weighted by Gasteiger charge is -2.40. The largest absolute Gasteiger partial charge is 0.505 e. The maximum Gasteiger partial charge on any atom is 0.311 e. The van der Waals surface area contributed by atoms with E-state index in [1.165, 1.54) is 12.1 Å². The first-order valence-corrected chi connectivity index (χ1v) is 8.35. The molecule has 0 radical (unpaired) electrons. The summed E-state index contributed by atoms with van der Waals surface area (Å²) >= 11 is 0. The zero-order valence-corrected chi connectivity index (χ0v) is 14.3. The van der Waals surface area contributed by atoms with Crippen LogP contribution in [0, 0.1) is 11.2 Å². The third-order valence-electron chi connectivity index (χ3n) is 4.75. The number of amides is 1. The molecular formula is C18H24FNO5. The number of phenolic OH excluding ortho intramolecular Hbond substituents is 1. The maximum absolute atomic E-state index is 13.4. The van der Waals surface area contributed by atoms with E-state index in [-0.39, 0.29) is 18.9 Å². The molecule has 0 aromatic heterocycles. The van der Waals surface area contributed by atoms with Gasteiger partial charge in [0.25, 0.3) is 0 Å². The third-order valence-corrected chi connectivity index (χ3v) is 4.75. The number of phenols is 1. The normalized spacial score (nSPS) is 20.5. The Hall–Kier alpha value is -2.15. The number of methoxy groups -OCH3 is 1. The fourth-order valence-corrected chi connectivity index (χ4v) is 3.33. The van der Waals surface area contributed by atoms with Gasteiger partial charge in [0.05, 0.1) is 11.8 Å². The number of carboxylic acids is 1. The van der Waals surface area contributed by atoms with Crippen molar-refractivity contribution >= 4 is 11.9 Å². The van der Waals surface area contributed by atoms with Crippen molar-refractivity contribution in [1.29, 1.82) is 0 Å². The van der Waals surface area contributed by atoms with E-state index in [1.807, 2.05) is 0 Å². The molecule has 1 aliphatic rings. The minimum Gasteiger partial charge on any atom is -0.505 e. The molecule has 1 aromatic carbocycles. The van der Waals surface area contributed by atoms with Crippen LogP contribution in [0.2, 0.25) is 0 Å². The molecule has 1 amide bonds. The summed E-state index contributed by atoms with van der Waals surface area (Å²) in [5.41, 5.74) is -0.502. The highest BCUT2D eigenvalue weighted by Crippen LogP contribution is 2.35. The van der Waals surface area contributed by atoms with Crippen LogP contribution in [0.5, 0.6) is 5.75 Å².